The first-order valence-electron chi connectivity index (χ1n) is 7.63. The minimum absolute atomic E-state index is 0.0225. The summed E-state index contributed by atoms with van der Waals surface area (Å²) in [5, 5.41) is 4.93. The highest BCUT2D eigenvalue weighted by Crippen LogP contribution is 2.24. The zero-order valence-electron chi connectivity index (χ0n) is 13.6. The van der Waals surface area contributed by atoms with Gasteiger partial charge in [0.1, 0.15) is 5.75 Å². The second-order valence-electron chi connectivity index (χ2n) is 5.18. The number of nitrogens with zero attached hydrogens (tertiary/aromatic N) is 2. The molecule has 0 fully saturated rings. The maximum Gasteiger partial charge on any atom is 0.326 e. The fraction of sp³-hybridized carbons (Fsp3) is 0. The Morgan fingerprint density at radius 3 is 2.37 bits per heavy atom. The molecule has 0 bridgehead atoms. The summed E-state index contributed by atoms with van der Waals surface area (Å²) in [6.45, 7) is 0. The first kappa shape index (κ1) is 18.6. The number of ether oxygens (including phenoxy) is 1. The number of aromatic nitrogens is 2. The van der Waals surface area contributed by atoms with E-state index in [4.69, 9.17) is 27.9 Å². The molecular formula is C18H12Cl2N4O3. The maximum atomic E-state index is 12.2. The number of rotatable bonds is 4. The van der Waals surface area contributed by atoms with Crippen LogP contribution in [-0.2, 0) is 0 Å². The number of carbonyl (C=O) groups is 2. The Bertz CT molecular complexity index is 946. The van der Waals surface area contributed by atoms with E-state index in [9.17, 15) is 9.59 Å². The number of urea groups is 1. The van der Waals surface area contributed by atoms with Gasteiger partial charge in [0.2, 0.25) is 5.88 Å². The lowest BCUT2D eigenvalue weighted by Gasteiger charge is -2.09. The van der Waals surface area contributed by atoms with E-state index in [2.05, 4.69) is 20.6 Å². The number of imide groups is 1. The fourth-order valence-electron chi connectivity index (χ4n) is 2.09. The Labute approximate surface area is 164 Å². The molecule has 3 rings (SSSR count). The average Bonchev–Trinajstić information content (AvgIpc) is 2.64. The highest BCUT2D eigenvalue weighted by atomic mass is 35.5. The van der Waals surface area contributed by atoms with Crippen molar-refractivity contribution >= 4 is 40.8 Å². The Kier molecular flexibility index (Phi) is 5.85. The van der Waals surface area contributed by atoms with E-state index in [1.165, 1.54) is 18.3 Å². The summed E-state index contributed by atoms with van der Waals surface area (Å²) < 4.78 is 5.50. The predicted octanol–water partition coefficient (Wildman–Crippen LogP) is 4.54. The van der Waals surface area contributed by atoms with Crippen LogP contribution in [-0.4, -0.2) is 21.9 Å². The van der Waals surface area contributed by atoms with Gasteiger partial charge in [-0.2, -0.15) is 0 Å². The molecule has 0 unspecified atom stereocenters. The molecule has 0 aliphatic carbocycles. The van der Waals surface area contributed by atoms with Crippen molar-refractivity contribution in [1.82, 2.24) is 15.3 Å². The van der Waals surface area contributed by atoms with E-state index < -0.39 is 11.9 Å². The molecule has 0 spiro atoms. The largest absolute Gasteiger partial charge is 0.437 e. The minimum atomic E-state index is -0.751. The average molecular weight is 403 g/mol. The van der Waals surface area contributed by atoms with Crippen molar-refractivity contribution in [2.75, 3.05) is 5.32 Å². The Balaban J connectivity index is 1.60. The van der Waals surface area contributed by atoms with Gasteiger partial charge in [0.05, 0.1) is 33.7 Å². The Morgan fingerprint density at radius 2 is 1.74 bits per heavy atom. The van der Waals surface area contributed by atoms with E-state index in [1.807, 2.05) is 0 Å². The summed E-state index contributed by atoms with van der Waals surface area (Å²) in [4.78, 5) is 32.2. The van der Waals surface area contributed by atoms with Gasteiger partial charge < -0.3 is 10.1 Å². The lowest BCUT2D eigenvalue weighted by molar-refractivity contribution is 0.0967. The number of anilines is 1. The summed E-state index contributed by atoms with van der Waals surface area (Å²) in [6.07, 6.45) is 4.56. The van der Waals surface area contributed by atoms with Crippen LogP contribution in [0.4, 0.5) is 10.5 Å². The van der Waals surface area contributed by atoms with Gasteiger partial charge in [-0.3, -0.25) is 15.1 Å². The van der Waals surface area contributed by atoms with Crippen LogP contribution >= 0.6 is 23.2 Å². The smallest absolute Gasteiger partial charge is 0.326 e. The van der Waals surface area contributed by atoms with Crippen LogP contribution in [0.2, 0.25) is 10.0 Å². The molecule has 0 radical (unpaired) electrons. The fourth-order valence-corrected chi connectivity index (χ4v) is 2.65. The quantitative estimate of drug-likeness (QED) is 0.667. The SMILES string of the molecule is O=C(NC(=O)c1c(Cl)cccc1Cl)Nc1ccc(Oc2cccnc2)nc1. The molecule has 9 heteroatoms. The molecule has 2 heterocycles. The van der Waals surface area contributed by atoms with Gasteiger partial charge in [0, 0.05) is 12.3 Å². The first-order chi connectivity index (χ1) is 13.0. The second kappa shape index (κ2) is 8.48. The summed E-state index contributed by atoms with van der Waals surface area (Å²) in [7, 11) is 0. The molecule has 0 saturated carbocycles. The van der Waals surface area contributed by atoms with E-state index in [1.54, 1.807) is 42.7 Å². The van der Waals surface area contributed by atoms with Gasteiger partial charge in [0.15, 0.2) is 0 Å². The molecule has 0 atom stereocenters. The van der Waals surface area contributed by atoms with Crippen LogP contribution in [0.3, 0.4) is 0 Å². The standard InChI is InChI=1S/C18H12Cl2N4O3/c19-13-4-1-5-14(20)16(13)17(25)24-18(26)23-11-6-7-15(22-9-11)27-12-3-2-8-21-10-12/h1-10H,(H2,23,24,25,26). The van der Waals surface area contributed by atoms with E-state index in [0.717, 1.165) is 0 Å². The van der Waals surface area contributed by atoms with Crippen molar-refractivity contribution < 1.29 is 14.3 Å². The lowest BCUT2D eigenvalue weighted by Crippen LogP contribution is -2.34. The predicted molar refractivity (Wildman–Crippen MR) is 101 cm³/mol. The summed E-state index contributed by atoms with van der Waals surface area (Å²) in [5.41, 5.74) is 0.387. The van der Waals surface area contributed by atoms with Gasteiger partial charge in [-0.05, 0) is 30.3 Å². The Hall–Kier alpha value is -3.16. The Morgan fingerprint density at radius 1 is 0.963 bits per heavy atom. The minimum Gasteiger partial charge on any atom is -0.437 e. The van der Waals surface area contributed by atoms with Gasteiger partial charge in [-0.1, -0.05) is 29.3 Å². The lowest BCUT2D eigenvalue weighted by atomic mass is 10.2. The highest BCUT2D eigenvalue weighted by Gasteiger charge is 2.17. The van der Waals surface area contributed by atoms with Crippen molar-refractivity contribution in [3.05, 3.63) is 76.7 Å². The molecule has 3 aromatic rings. The van der Waals surface area contributed by atoms with Crippen LogP contribution in [0.15, 0.2) is 61.1 Å². The third-order valence-electron chi connectivity index (χ3n) is 3.27. The molecule has 27 heavy (non-hydrogen) atoms. The van der Waals surface area contributed by atoms with E-state index in [-0.39, 0.29) is 15.6 Å². The number of benzene rings is 1. The van der Waals surface area contributed by atoms with Gasteiger partial charge >= 0.3 is 6.03 Å². The summed E-state index contributed by atoms with van der Waals surface area (Å²) >= 11 is 11.9. The third-order valence-corrected chi connectivity index (χ3v) is 3.90. The topological polar surface area (TPSA) is 93.2 Å². The number of halogens is 2. The zero-order chi connectivity index (χ0) is 19.2. The maximum absolute atomic E-state index is 12.2. The number of nitrogens with one attached hydrogen (secondary N) is 2. The van der Waals surface area contributed by atoms with Gasteiger partial charge in [-0.15, -0.1) is 0 Å². The highest BCUT2D eigenvalue weighted by molar-refractivity contribution is 6.40. The van der Waals surface area contributed by atoms with Crippen molar-refractivity contribution in [1.29, 1.82) is 0 Å². The number of hydrogen-bond acceptors (Lipinski definition) is 5. The van der Waals surface area contributed by atoms with E-state index >= 15 is 0 Å². The summed E-state index contributed by atoms with van der Waals surface area (Å²) in [6, 6.07) is 10.5. The molecule has 0 aliphatic rings. The van der Waals surface area contributed by atoms with Gasteiger partial charge in [0.25, 0.3) is 5.91 Å². The molecule has 7 nitrogen and oxygen atoms in total. The number of pyridine rings is 2. The molecule has 0 saturated heterocycles. The van der Waals surface area contributed by atoms with Crippen molar-refractivity contribution in [2.24, 2.45) is 0 Å². The van der Waals surface area contributed by atoms with Crippen LogP contribution < -0.4 is 15.4 Å². The number of carbonyl (C=O) groups excluding carboxylic acids is 2. The van der Waals surface area contributed by atoms with Crippen LogP contribution in [0, 0.1) is 0 Å². The zero-order valence-corrected chi connectivity index (χ0v) is 15.2. The first-order valence-corrected chi connectivity index (χ1v) is 8.39. The monoisotopic (exact) mass is 402 g/mol. The molecule has 0 aliphatic heterocycles. The molecule has 136 valence electrons. The van der Waals surface area contributed by atoms with E-state index in [0.29, 0.717) is 17.3 Å². The van der Waals surface area contributed by atoms with Crippen LogP contribution in [0.1, 0.15) is 10.4 Å². The number of hydrogen-bond donors (Lipinski definition) is 2. The molecule has 1 aromatic carbocycles. The van der Waals surface area contributed by atoms with Crippen molar-refractivity contribution in [3.8, 4) is 11.6 Å². The van der Waals surface area contributed by atoms with Gasteiger partial charge in [-0.25, -0.2) is 9.78 Å². The normalized spacial score (nSPS) is 10.1. The number of amides is 3. The molecule has 2 aromatic heterocycles. The molecule has 2 N–H and O–H groups in total. The molecule has 3 amide bonds. The van der Waals surface area contributed by atoms with Crippen LogP contribution in [0.25, 0.3) is 0 Å². The van der Waals surface area contributed by atoms with Crippen molar-refractivity contribution in [3.63, 3.8) is 0 Å². The van der Waals surface area contributed by atoms with Crippen molar-refractivity contribution in [2.45, 2.75) is 0 Å². The summed E-state index contributed by atoms with van der Waals surface area (Å²) in [5.74, 6) is 0.145. The third kappa shape index (κ3) is 4.93. The molecular weight excluding hydrogens is 391 g/mol. The second-order valence-corrected chi connectivity index (χ2v) is 6.00. The van der Waals surface area contributed by atoms with Crippen LogP contribution in [0.5, 0.6) is 11.6 Å².